The fraction of sp³-hybridized carbons (Fsp3) is 0.273. The standard InChI is InChI=1S/C22H25BrN4.2ClH/c1-3-27(4-2)15-14-24-21-12-13-22(20-11-6-5-10-19(20)21)26-25-18-9-7-8-17(23)16-18;;/h5-13,16,24H,3-4,14-15H2,1-2H3;2*1H. The summed E-state index contributed by atoms with van der Waals surface area (Å²) in [5.41, 5.74) is 2.84. The Morgan fingerprint density at radius 1 is 0.862 bits per heavy atom. The fourth-order valence-electron chi connectivity index (χ4n) is 3.06. The molecule has 0 spiro atoms. The first-order valence-corrected chi connectivity index (χ1v) is 10.2. The summed E-state index contributed by atoms with van der Waals surface area (Å²) in [7, 11) is 0. The molecule has 3 aromatic carbocycles. The topological polar surface area (TPSA) is 40.0 Å². The van der Waals surface area contributed by atoms with E-state index in [0.29, 0.717) is 0 Å². The third kappa shape index (κ3) is 6.96. The Morgan fingerprint density at radius 3 is 2.28 bits per heavy atom. The molecule has 0 bridgehead atoms. The van der Waals surface area contributed by atoms with Gasteiger partial charge in [0.15, 0.2) is 0 Å². The van der Waals surface area contributed by atoms with Gasteiger partial charge in [-0.3, -0.25) is 0 Å². The van der Waals surface area contributed by atoms with Crippen molar-refractivity contribution in [3.05, 3.63) is 65.1 Å². The molecule has 1 N–H and O–H groups in total. The molecule has 156 valence electrons. The molecule has 0 aromatic heterocycles. The van der Waals surface area contributed by atoms with Crippen LogP contribution in [0.3, 0.4) is 0 Å². The van der Waals surface area contributed by atoms with Crippen LogP contribution >= 0.6 is 40.7 Å². The lowest BCUT2D eigenvalue weighted by molar-refractivity contribution is 0.316. The minimum Gasteiger partial charge on any atom is -0.383 e. The predicted octanol–water partition coefficient (Wildman–Crippen LogP) is 7.62. The second-order valence-corrected chi connectivity index (χ2v) is 7.23. The highest BCUT2D eigenvalue weighted by Crippen LogP contribution is 2.33. The van der Waals surface area contributed by atoms with Gasteiger partial charge in [0.2, 0.25) is 0 Å². The molecule has 0 aliphatic heterocycles. The maximum absolute atomic E-state index is 4.49. The van der Waals surface area contributed by atoms with E-state index >= 15 is 0 Å². The van der Waals surface area contributed by atoms with Gasteiger partial charge in [-0.15, -0.1) is 29.9 Å². The van der Waals surface area contributed by atoms with E-state index in [2.05, 4.69) is 74.5 Å². The minimum atomic E-state index is 0. The van der Waals surface area contributed by atoms with E-state index in [1.165, 1.54) is 5.39 Å². The van der Waals surface area contributed by atoms with Gasteiger partial charge in [0.25, 0.3) is 0 Å². The fourth-order valence-corrected chi connectivity index (χ4v) is 3.45. The van der Waals surface area contributed by atoms with E-state index in [9.17, 15) is 0 Å². The molecule has 0 fully saturated rings. The summed E-state index contributed by atoms with van der Waals surface area (Å²) in [6, 6.07) is 20.3. The molecule has 3 aromatic rings. The predicted molar refractivity (Wildman–Crippen MR) is 133 cm³/mol. The lowest BCUT2D eigenvalue weighted by Crippen LogP contribution is -2.28. The molecule has 29 heavy (non-hydrogen) atoms. The van der Waals surface area contributed by atoms with Crippen LogP contribution in [0.4, 0.5) is 17.1 Å². The second kappa shape index (κ2) is 12.8. The molecule has 0 atom stereocenters. The van der Waals surface area contributed by atoms with Crippen LogP contribution in [0.15, 0.2) is 75.4 Å². The average Bonchev–Trinajstić information content (AvgIpc) is 2.70. The van der Waals surface area contributed by atoms with E-state index in [0.717, 1.165) is 53.1 Å². The molecule has 0 unspecified atom stereocenters. The summed E-state index contributed by atoms with van der Waals surface area (Å²) in [6.45, 7) is 8.51. The molecule has 0 heterocycles. The van der Waals surface area contributed by atoms with Crippen molar-refractivity contribution < 1.29 is 0 Å². The Morgan fingerprint density at radius 2 is 1.59 bits per heavy atom. The van der Waals surface area contributed by atoms with Gasteiger partial charge in [-0.25, -0.2) is 0 Å². The van der Waals surface area contributed by atoms with Crippen LogP contribution in [0, 0.1) is 0 Å². The SMILES string of the molecule is CCN(CC)CCNc1ccc(N=Nc2cccc(Br)c2)c2ccccc12.Cl.Cl. The molecular weight excluding hydrogens is 471 g/mol. The molecule has 0 aliphatic rings. The van der Waals surface area contributed by atoms with E-state index in [1.54, 1.807) is 0 Å². The molecule has 0 aliphatic carbocycles. The average molecular weight is 498 g/mol. The Kier molecular flexibility index (Phi) is 11.2. The number of anilines is 1. The van der Waals surface area contributed by atoms with Crippen LogP contribution in [-0.2, 0) is 0 Å². The van der Waals surface area contributed by atoms with Crippen LogP contribution in [0.1, 0.15) is 13.8 Å². The first-order chi connectivity index (χ1) is 13.2. The number of halogens is 3. The highest BCUT2D eigenvalue weighted by Gasteiger charge is 2.06. The summed E-state index contributed by atoms with van der Waals surface area (Å²) in [5, 5.41) is 14.7. The Hall–Kier alpha value is -1.66. The van der Waals surface area contributed by atoms with E-state index in [1.807, 2.05) is 36.4 Å². The van der Waals surface area contributed by atoms with Crippen LogP contribution < -0.4 is 5.32 Å². The van der Waals surface area contributed by atoms with Crippen molar-refractivity contribution in [1.29, 1.82) is 0 Å². The number of rotatable bonds is 8. The Balaban J connectivity index is 0.00000210. The van der Waals surface area contributed by atoms with Crippen molar-refractivity contribution in [2.24, 2.45) is 10.2 Å². The number of nitrogens with one attached hydrogen (secondary N) is 1. The minimum absolute atomic E-state index is 0. The van der Waals surface area contributed by atoms with Crippen molar-refractivity contribution in [1.82, 2.24) is 4.90 Å². The number of benzene rings is 3. The van der Waals surface area contributed by atoms with Gasteiger partial charge in [-0.1, -0.05) is 60.1 Å². The lowest BCUT2D eigenvalue weighted by Gasteiger charge is -2.19. The third-order valence-corrected chi connectivity index (χ3v) is 5.11. The zero-order chi connectivity index (χ0) is 19.1. The van der Waals surface area contributed by atoms with Crippen LogP contribution in [0.2, 0.25) is 0 Å². The zero-order valence-electron chi connectivity index (χ0n) is 16.6. The van der Waals surface area contributed by atoms with Crippen LogP contribution in [0.25, 0.3) is 10.8 Å². The quantitative estimate of drug-likeness (QED) is 0.325. The van der Waals surface area contributed by atoms with Gasteiger partial charge >= 0.3 is 0 Å². The third-order valence-electron chi connectivity index (χ3n) is 4.62. The van der Waals surface area contributed by atoms with Crippen molar-refractivity contribution >= 4 is 68.6 Å². The normalized spacial score (nSPS) is 10.8. The van der Waals surface area contributed by atoms with Crippen molar-refractivity contribution in [3.63, 3.8) is 0 Å². The second-order valence-electron chi connectivity index (χ2n) is 6.31. The lowest BCUT2D eigenvalue weighted by atomic mass is 10.1. The first-order valence-electron chi connectivity index (χ1n) is 9.36. The number of hydrogen-bond donors (Lipinski definition) is 1. The molecule has 3 rings (SSSR count). The maximum atomic E-state index is 4.49. The number of likely N-dealkylation sites (N-methyl/N-ethyl adjacent to an activating group) is 1. The zero-order valence-corrected chi connectivity index (χ0v) is 19.9. The molecule has 0 saturated heterocycles. The van der Waals surface area contributed by atoms with Gasteiger partial charge in [-0.05, 0) is 43.4 Å². The summed E-state index contributed by atoms with van der Waals surface area (Å²) in [6.07, 6.45) is 0. The van der Waals surface area contributed by atoms with E-state index in [4.69, 9.17) is 0 Å². The number of fused-ring (bicyclic) bond motifs is 1. The Labute approximate surface area is 193 Å². The van der Waals surface area contributed by atoms with Crippen molar-refractivity contribution in [2.45, 2.75) is 13.8 Å². The first kappa shape index (κ1) is 25.4. The van der Waals surface area contributed by atoms with Crippen LogP contribution in [-0.4, -0.2) is 31.1 Å². The van der Waals surface area contributed by atoms with Gasteiger partial charge in [-0.2, -0.15) is 5.11 Å². The maximum Gasteiger partial charge on any atom is 0.0936 e. The number of hydrogen-bond acceptors (Lipinski definition) is 4. The molecule has 0 amide bonds. The van der Waals surface area contributed by atoms with Gasteiger partial charge in [0, 0.05) is 34.0 Å². The van der Waals surface area contributed by atoms with Gasteiger partial charge in [0.05, 0.1) is 11.4 Å². The van der Waals surface area contributed by atoms with Gasteiger partial charge < -0.3 is 10.2 Å². The van der Waals surface area contributed by atoms with Crippen LogP contribution in [0.5, 0.6) is 0 Å². The summed E-state index contributed by atoms with van der Waals surface area (Å²) >= 11 is 3.47. The Bertz CT molecular complexity index is 930. The summed E-state index contributed by atoms with van der Waals surface area (Å²) in [5.74, 6) is 0. The smallest absolute Gasteiger partial charge is 0.0936 e. The largest absolute Gasteiger partial charge is 0.383 e. The van der Waals surface area contributed by atoms with Gasteiger partial charge in [0.1, 0.15) is 0 Å². The van der Waals surface area contributed by atoms with E-state index < -0.39 is 0 Å². The van der Waals surface area contributed by atoms with Crippen molar-refractivity contribution in [3.8, 4) is 0 Å². The molecule has 4 nitrogen and oxygen atoms in total. The van der Waals surface area contributed by atoms with Crippen molar-refractivity contribution in [2.75, 3.05) is 31.5 Å². The molecule has 0 saturated carbocycles. The molecule has 0 radical (unpaired) electrons. The molecule has 7 heteroatoms. The van der Waals surface area contributed by atoms with E-state index in [-0.39, 0.29) is 24.8 Å². The molecular formula is C22H27BrCl2N4. The highest BCUT2D eigenvalue weighted by atomic mass is 79.9. The number of nitrogens with zero attached hydrogens (tertiary/aromatic N) is 3. The number of azo groups is 1. The summed E-state index contributed by atoms with van der Waals surface area (Å²) in [4.78, 5) is 2.41. The monoisotopic (exact) mass is 496 g/mol. The summed E-state index contributed by atoms with van der Waals surface area (Å²) < 4.78 is 0.997. The highest BCUT2D eigenvalue weighted by molar-refractivity contribution is 9.10.